The topological polar surface area (TPSA) is 122 Å². The molecule has 4 rings (SSSR count). The minimum absolute atomic E-state index is 0.0746. The van der Waals surface area contributed by atoms with Gasteiger partial charge in [-0.1, -0.05) is 44.2 Å². The molecule has 0 radical (unpaired) electrons. The van der Waals surface area contributed by atoms with Crippen molar-refractivity contribution in [1.82, 2.24) is 9.29 Å². The number of aromatic nitrogens is 1. The molecule has 0 saturated carbocycles. The molecule has 3 heterocycles. The van der Waals surface area contributed by atoms with Crippen molar-refractivity contribution < 1.29 is 16.8 Å². The van der Waals surface area contributed by atoms with Crippen LogP contribution in [0.2, 0.25) is 0 Å². The van der Waals surface area contributed by atoms with E-state index in [4.69, 9.17) is 5.14 Å². The molecular weight excluding hydrogens is 492 g/mol. The zero-order valence-corrected chi connectivity index (χ0v) is 21.5. The van der Waals surface area contributed by atoms with Crippen LogP contribution in [0.25, 0.3) is 16.5 Å². The van der Waals surface area contributed by atoms with Crippen LogP contribution in [-0.2, 0) is 20.0 Å². The zero-order valence-electron chi connectivity index (χ0n) is 19.1. The average molecular weight is 521 g/mol. The summed E-state index contributed by atoms with van der Waals surface area (Å²) in [6.07, 6.45) is 2.59. The van der Waals surface area contributed by atoms with Crippen LogP contribution in [0.5, 0.6) is 0 Å². The monoisotopic (exact) mass is 520 g/mol. The van der Waals surface area contributed by atoms with Gasteiger partial charge in [-0.15, -0.1) is 11.3 Å². The largest absolute Gasteiger partial charge is 0.368 e. The molecule has 0 spiro atoms. The van der Waals surface area contributed by atoms with E-state index >= 15 is 0 Å². The smallest absolute Gasteiger partial charge is 0.247 e. The minimum atomic E-state index is -3.85. The van der Waals surface area contributed by atoms with Crippen molar-refractivity contribution in [3.63, 3.8) is 0 Å². The molecule has 1 aliphatic heterocycles. The fraction of sp³-hybridized carbons (Fsp3) is 0.348. The second kappa shape index (κ2) is 9.38. The maximum atomic E-state index is 13.7. The Labute approximate surface area is 204 Å². The lowest BCUT2D eigenvalue weighted by atomic mass is 9.96. The maximum absolute atomic E-state index is 13.7. The van der Waals surface area contributed by atoms with E-state index in [1.54, 1.807) is 31.3 Å². The van der Waals surface area contributed by atoms with Crippen LogP contribution in [0.4, 0.5) is 5.82 Å². The number of benzene rings is 1. The predicted octanol–water partition coefficient (Wildman–Crippen LogP) is 3.50. The van der Waals surface area contributed by atoms with Crippen LogP contribution in [-0.4, -0.2) is 51.5 Å². The predicted molar refractivity (Wildman–Crippen MR) is 138 cm³/mol. The standard InChI is InChI=1S/C23H28N4O4S3/c1-23(2,16-33(24,28)29)15-25-22-21(14-18-6-3-4-7-19(18)26-22)34(30,31)27-11-9-17(10-12-27)20-8-5-13-32-20/h3-9,13-14H,10-12,15-16H2,1-2H3,(H,25,26)(H2,24,28,29). The van der Waals surface area contributed by atoms with Gasteiger partial charge in [-0.3, -0.25) is 0 Å². The Morgan fingerprint density at radius 3 is 2.56 bits per heavy atom. The van der Waals surface area contributed by atoms with Crippen molar-refractivity contribution in [2.75, 3.05) is 30.7 Å². The first kappa shape index (κ1) is 24.8. The lowest BCUT2D eigenvalue weighted by Gasteiger charge is -2.28. The SMILES string of the molecule is CC(C)(CNc1nc2ccccc2cc1S(=O)(=O)N1CC=C(c2cccs2)CC1)CS(N)(=O)=O. The van der Waals surface area contributed by atoms with Gasteiger partial charge in [-0.05, 0) is 41.0 Å². The van der Waals surface area contributed by atoms with Crippen molar-refractivity contribution in [3.05, 3.63) is 58.8 Å². The van der Waals surface area contributed by atoms with E-state index < -0.39 is 25.5 Å². The lowest BCUT2D eigenvalue weighted by molar-refractivity contribution is 0.434. The molecule has 182 valence electrons. The molecule has 0 saturated heterocycles. The van der Waals surface area contributed by atoms with Gasteiger partial charge in [-0.2, -0.15) is 4.31 Å². The van der Waals surface area contributed by atoms with Gasteiger partial charge in [0.15, 0.2) is 0 Å². The normalized spacial score (nSPS) is 15.9. The highest BCUT2D eigenvalue weighted by Crippen LogP contribution is 2.32. The molecule has 0 bridgehead atoms. The van der Waals surface area contributed by atoms with Crippen molar-refractivity contribution in [3.8, 4) is 0 Å². The molecule has 0 aliphatic carbocycles. The third kappa shape index (κ3) is 5.66. The summed E-state index contributed by atoms with van der Waals surface area (Å²) in [7, 11) is -7.55. The molecule has 0 unspecified atom stereocenters. The van der Waals surface area contributed by atoms with Gasteiger partial charge >= 0.3 is 0 Å². The van der Waals surface area contributed by atoms with Crippen molar-refractivity contribution in [1.29, 1.82) is 0 Å². The van der Waals surface area contributed by atoms with E-state index in [1.807, 2.05) is 47.9 Å². The van der Waals surface area contributed by atoms with Gasteiger partial charge in [0.2, 0.25) is 20.0 Å². The molecule has 3 aromatic rings. The Hall–Kier alpha value is -2.31. The Balaban J connectivity index is 1.66. The number of pyridine rings is 1. The number of hydrogen-bond donors (Lipinski definition) is 2. The summed E-state index contributed by atoms with van der Waals surface area (Å²) in [6, 6.07) is 13.0. The maximum Gasteiger partial charge on any atom is 0.247 e. The first-order valence-corrected chi connectivity index (χ1v) is 14.9. The van der Waals surface area contributed by atoms with Crippen LogP contribution in [0.3, 0.4) is 0 Å². The van der Waals surface area contributed by atoms with Crippen molar-refractivity contribution >= 4 is 53.7 Å². The Bertz CT molecular complexity index is 1430. The summed E-state index contributed by atoms with van der Waals surface area (Å²) < 4.78 is 52.1. The number of thiophene rings is 1. The van der Waals surface area contributed by atoms with Gasteiger partial charge in [0.25, 0.3) is 0 Å². The van der Waals surface area contributed by atoms with Gasteiger partial charge in [0.1, 0.15) is 10.7 Å². The van der Waals surface area contributed by atoms with Gasteiger partial charge < -0.3 is 5.32 Å². The summed E-state index contributed by atoms with van der Waals surface area (Å²) in [4.78, 5) is 5.81. The molecule has 1 aromatic carbocycles. The van der Waals surface area contributed by atoms with E-state index in [0.29, 0.717) is 23.9 Å². The summed E-state index contributed by atoms with van der Waals surface area (Å²) in [5.41, 5.74) is 1.07. The summed E-state index contributed by atoms with van der Waals surface area (Å²) in [5, 5.41) is 11.0. The first-order chi connectivity index (χ1) is 15.9. The summed E-state index contributed by atoms with van der Waals surface area (Å²) >= 11 is 1.64. The van der Waals surface area contributed by atoms with Crippen LogP contribution in [0.15, 0.2) is 58.8 Å². The number of fused-ring (bicyclic) bond motifs is 1. The fourth-order valence-corrected chi connectivity index (χ4v) is 7.54. The molecule has 11 heteroatoms. The zero-order chi connectivity index (χ0) is 24.6. The van der Waals surface area contributed by atoms with Crippen LogP contribution in [0.1, 0.15) is 25.1 Å². The second-order valence-electron chi connectivity index (χ2n) is 9.17. The second-order valence-corrected chi connectivity index (χ2v) is 13.6. The molecule has 0 atom stereocenters. The lowest BCUT2D eigenvalue weighted by Crippen LogP contribution is -2.36. The quantitative estimate of drug-likeness (QED) is 0.469. The summed E-state index contributed by atoms with van der Waals surface area (Å²) in [6.45, 7) is 4.33. The fourth-order valence-electron chi connectivity index (χ4n) is 4.03. The molecule has 1 aliphatic rings. The molecule has 8 nitrogen and oxygen atoms in total. The number of sulfonamides is 2. The number of rotatable bonds is 8. The van der Waals surface area contributed by atoms with Gasteiger partial charge in [0.05, 0.1) is 11.3 Å². The van der Waals surface area contributed by atoms with E-state index in [1.165, 1.54) is 4.31 Å². The van der Waals surface area contributed by atoms with E-state index in [9.17, 15) is 16.8 Å². The molecule has 2 aromatic heterocycles. The molecule has 3 N–H and O–H groups in total. The average Bonchev–Trinajstić information content (AvgIpc) is 3.30. The van der Waals surface area contributed by atoms with E-state index in [2.05, 4.69) is 10.3 Å². The van der Waals surface area contributed by atoms with E-state index in [0.717, 1.165) is 10.5 Å². The third-order valence-corrected chi connectivity index (χ3v) is 9.65. The molecular formula is C23H28N4O4S3. The highest BCUT2D eigenvalue weighted by atomic mass is 32.2. The summed E-state index contributed by atoms with van der Waals surface area (Å²) in [5.74, 6) is -0.0420. The molecule has 0 amide bonds. The molecule has 0 fully saturated rings. The third-order valence-electron chi connectivity index (χ3n) is 5.64. The number of para-hydroxylation sites is 1. The van der Waals surface area contributed by atoms with Crippen LogP contribution < -0.4 is 10.5 Å². The Morgan fingerprint density at radius 1 is 1.15 bits per heavy atom. The number of primary sulfonamides is 1. The highest BCUT2D eigenvalue weighted by molar-refractivity contribution is 7.89. The van der Waals surface area contributed by atoms with Crippen molar-refractivity contribution in [2.24, 2.45) is 10.6 Å². The highest BCUT2D eigenvalue weighted by Gasteiger charge is 2.31. The van der Waals surface area contributed by atoms with Crippen LogP contribution in [0, 0.1) is 5.41 Å². The number of nitrogens with two attached hydrogens (primary N) is 1. The van der Waals surface area contributed by atoms with Gasteiger partial charge in [-0.25, -0.2) is 27.0 Å². The van der Waals surface area contributed by atoms with Crippen LogP contribution >= 0.6 is 11.3 Å². The first-order valence-electron chi connectivity index (χ1n) is 10.8. The van der Waals surface area contributed by atoms with Gasteiger partial charge in [0, 0.05) is 29.9 Å². The minimum Gasteiger partial charge on any atom is -0.368 e. The molecule has 34 heavy (non-hydrogen) atoms. The number of nitrogens with one attached hydrogen (secondary N) is 1. The Kier molecular flexibility index (Phi) is 6.85. The van der Waals surface area contributed by atoms with Crippen molar-refractivity contribution in [2.45, 2.75) is 25.2 Å². The number of anilines is 1. The number of hydrogen-bond acceptors (Lipinski definition) is 7. The Morgan fingerprint density at radius 2 is 1.91 bits per heavy atom. The number of nitrogens with zero attached hydrogens (tertiary/aromatic N) is 2. The van der Waals surface area contributed by atoms with E-state index in [-0.39, 0.29) is 29.6 Å².